The maximum Gasteiger partial charge on any atom is 0.303 e. The molecule has 114 valence electrons. The molecule has 0 atom stereocenters. The van der Waals surface area contributed by atoms with Gasteiger partial charge in [0.2, 0.25) is 0 Å². The third-order valence-electron chi connectivity index (χ3n) is 3.93. The van der Waals surface area contributed by atoms with Crippen LogP contribution in [0.15, 0.2) is 0 Å². The second-order valence-corrected chi connectivity index (χ2v) is 5.85. The van der Waals surface area contributed by atoms with E-state index in [0.717, 1.165) is 18.8 Å². The summed E-state index contributed by atoms with van der Waals surface area (Å²) >= 11 is 0. The predicted molar refractivity (Wildman–Crippen MR) is 82.5 cm³/mol. The van der Waals surface area contributed by atoms with Gasteiger partial charge in [-0.1, -0.05) is 78.1 Å². The molecule has 0 fully saturated rings. The van der Waals surface area contributed by atoms with E-state index in [2.05, 4.69) is 13.8 Å². The summed E-state index contributed by atoms with van der Waals surface area (Å²) in [4.78, 5) is 10.6. The maximum atomic E-state index is 10.6. The van der Waals surface area contributed by atoms with Crippen LogP contribution in [0.4, 0.5) is 0 Å². The standard InChI is InChI=1S/C17H34O2/c1-3-5-7-9-12-16(13-10-8-6-4-2)14-11-15-17(18)19/h16H,3-15H2,1-2H3,(H,18,19). The predicted octanol–water partition coefficient (Wildman–Crippen LogP) is 5.80. The van der Waals surface area contributed by atoms with Crippen molar-refractivity contribution in [3.05, 3.63) is 0 Å². The number of rotatable bonds is 14. The van der Waals surface area contributed by atoms with Crippen molar-refractivity contribution in [3.8, 4) is 0 Å². The van der Waals surface area contributed by atoms with Crippen LogP contribution in [-0.2, 0) is 4.79 Å². The third kappa shape index (κ3) is 13.7. The fourth-order valence-corrected chi connectivity index (χ4v) is 2.69. The zero-order valence-corrected chi connectivity index (χ0v) is 13.1. The quantitative estimate of drug-likeness (QED) is 0.405. The zero-order valence-electron chi connectivity index (χ0n) is 13.1. The number of carboxylic acids is 1. The fraction of sp³-hybridized carbons (Fsp3) is 0.941. The molecule has 19 heavy (non-hydrogen) atoms. The van der Waals surface area contributed by atoms with E-state index in [1.807, 2.05) is 0 Å². The van der Waals surface area contributed by atoms with E-state index in [-0.39, 0.29) is 0 Å². The molecule has 0 unspecified atom stereocenters. The summed E-state index contributed by atoms with van der Waals surface area (Å²) < 4.78 is 0. The van der Waals surface area contributed by atoms with Gasteiger partial charge in [-0.3, -0.25) is 4.79 Å². The van der Waals surface area contributed by atoms with Crippen molar-refractivity contribution >= 4 is 5.97 Å². The Morgan fingerprint density at radius 2 is 1.26 bits per heavy atom. The monoisotopic (exact) mass is 270 g/mol. The number of hydrogen-bond acceptors (Lipinski definition) is 1. The van der Waals surface area contributed by atoms with Gasteiger partial charge in [0.15, 0.2) is 0 Å². The number of aliphatic carboxylic acids is 1. The number of hydrogen-bond donors (Lipinski definition) is 1. The molecule has 0 aromatic heterocycles. The van der Waals surface area contributed by atoms with E-state index in [4.69, 9.17) is 5.11 Å². The van der Waals surface area contributed by atoms with Crippen molar-refractivity contribution in [1.29, 1.82) is 0 Å². The van der Waals surface area contributed by atoms with Crippen LogP contribution in [0.3, 0.4) is 0 Å². The molecule has 0 aromatic rings. The summed E-state index contributed by atoms with van der Waals surface area (Å²) in [5, 5.41) is 8.72. The Hall–Kier alpha value is -0.530. The molecule has 0 saturated carbocycles. The molecule has 0 heterocycles. The topological polar surface area (TPSA) is 37.3 Å². The lowest BCUT2D eigenvalue weighted by molar-refractivity contribution is -0.137. The van der Waals surface area contributed by atoms with Crippen molar-refractivity contribution in [1.82, 2.24) is 0 Å². The van der Waals surface area contributed by atoms with Crippen LogP contribution in [0.25, 0.3) is 0 Å². The normalized spacial score (nSPS) is 11.1. The Balaban J connectivity index is 3.75. The number of unbranched alkanes of at least 4 members (excludes halogenated alkanes) is 6. The maximum absolute atomic E-state index is 10.6. The Morgan fingerprint density at radius 3 is 1.68 bits per heavy atom. The van der Waals surface area contributed by atoms with Gasteiger partial charge in [0.25, 0.3) is 0 Å². The van der Waals surface area contributed by atoms with Gasteiger partial charge in [-0.25, -0.2) is 0 Å². The summed E-state index contributed by atoms with van der Waals surface area (Å²) in [6.07, 6.45) is 15.6. The van der Waals surface area contributed by atoms with Crippen LogP contribution in [0, 0.1) is 5.92 Å². The van der Waals surface area contributed by atoms with Crippen molar-refractivity contribution < 1.29 is 9.90 Å². The molecule has 0 spiro atoms. The molecule has 0 aliphatic heterocycles. The highest BCUT2D eigenvalue weighted by Gasteiger charge is 2.09. The highest BCUT2D eigenvalue weighted by Crippen LogP contribution is 2.23. The molecule has 0 aromatic carbocycles. The molecule has 2 nitrogen and oxygen atoms in total. The zero-order chi connectivity index (χ0) is 14.3. The Labute approximate surface area is 120 Å². The van der Waals surface area contributed by atoms with E-state index in [1.54, 1.807) is 0 Å². The molecule has 0 rings (SSSR count). The summed E-state index contributed by atoms with van der Waals surface area (Å²) in [6.45, 7) is 4.49. The van der Waals surface area contributed by atoms with E-state index >= 15 is 0 Å². The summed E-state index contributed by atoms with van der Waals surface area (Å²) in [7, 11) is 0. The summed E-state index contributed by atoms with van der Waals surface area (Å²) in [5.74, 6) is 0.128. The Morgan fingerprint density at radius 1 is 0.789 bits per heavy atom. The van der Waals surface area contributed by atoms with Crippen molar-refractivity contribution in [2.75, 3.05) is 0 Å². The average Bonchev–Trinajstić information content (AvgIpc) is 2.38. The van der Waals surface area contributed by atoms with Gasteiger partial charge in [0.05, 0.1) is 0 Å². The number of carbonyl (C=O) groups is 1. The van der Waals surface area contributed by atoms with Crippen LogP contribution in [0.1, 0.15) is 97.3 Å². The van der Waals surface area contributed by atoms with Crippen molar-refractivity contribution in [3.63, 3.8) is 0 Å². The molecule has 0 aliphatic carbocycles. The Kier molecular flexibility index (Phi) is 13.5. The van der Waals surface area contributed by atoms with E-state index in [1.165, 1.54) is 64.2 Å². The van der Waals surface area contributed by atoms with Gasteiger partial charge in [0.1, 0.15) is 0 Å². The second kappa shape index (κ2) is 13.9. The molecule has 2 heteroatoms. The lowest BCUT2D eigenvalue weighted by Crippen LogP contribution is -2.03. The second-order valence-electron chi connectivity index (χ2n) is 5.85. The largest absolute Gasteiger partial charge is 0.481 e. The SMILES string of the molecule is CCCCCCC(CCCCCC)CCCC(=O)O. The molecular formula is C17H34O2. The molecule has 0 saturated heterocycles. The van der Waals surface area contributed by atoms with Gasteiger partial charge in [-0.15, -0.1) is 0 Å². The van der Waals surface area contributed by atoms with Crippen LogP contribution in [0.5, 0.6) is 0 Å². The van der Waals surface area contributed by atoms with Gasteiger partial charge < -0.3 is 5.11 Å². The van der Waals surface area contributed by atoms with E-state index < -0.39 is 5.97 Å². The van der Waals surface area contributed by atoms with Crippen molar-refractivity contribution in [2.24, 2.45) is 5.92 Å². The molecule has 0 radical (unpaired) electrons. The lowest BCUT2D eigenvalue weighted by atomic mass is 9.90. The Bertz CT molecular complexity index is 189. The van der Waals surface area contributed by atoms with Crippen LogP contribution < -0.4 is 0 Å². The van der Waals surface area contributed by atoms with Crippen LogP contribution in [0.2, 0.25) is 0 Å². The first-order valence-corrected chi connectivity index (χ1v) is 8.42. The van der Waals surface area contributed by atoms with E-state index in [9.17, 15) is 4.79 Å². The lowest BCUT2D eigenvalue weighted by Gasteiger charge is -2.16. The first kappa shape index (κ1) is 18.5. The molecular weight excluding hydrogens is 236 g/mol. The first-order chi connectivity index (χ1) is 9.20. The average molecular weight is 270 g/mol. The van der Waals surface area contributed by atoms with Crippen molar-refractivity contribution in [2.45, 2.75) is 97.3 Å². The highest BCUT2D eigenvalue weighted by molar-refractivity contribution is 5.66. The smallest absolute Gasteiger partial charge is 0.303 e. The van der Waals surface area contributed by atoms with Gasteiger partial charge in [-0.2, -0.15) is 0 Å². The van der Waals surface area contributed by atoms with Gasteiger partial charge >= 0.3 is 5.97 Å². The minimum Gasteiger partial charge on any atom is -0.481 e. The minimum atomic E-state index is -0.643. The summed E-state index contributed by atoms with van der Waals surface area (Å²) in [5.41, 5.74) is 0. The first-order valence-electron chi connectivity index (χ1n) is 8.42. The van der Waals surface area contributed by atoms with Gasteiger partial charge in [0, 0.05) is 6.42 Å². The molecule has 0 amide bonds. The van der Waals surface area contributed by atoms with E-state index in [0.29, 0.717) is 6.42 Å². The minimum absolute atomic E-state index is 0.348. The van der Waals surface area contributed by atoms with Crippen LogP contribution in [-0.4, -0.2) is 11.1 Å². The molecule has 0 aliphatic rings. The van der Waals surface area contributed by atoms with Crippen LogP contribution >= 0.6 is 0 Å². The molecule has 1 N–H and O–H groups in total. The third-order valence-corrected chi connectivity index (χ3v) is 3.93. The van der Waals surface area contributed by atoms with Gasteiger partial charge in [-0.05, 0) is 18.8 Å². The highest BCUT2D eigenvalue weighted by atomic mass is 16.4. The fourth-order valence-electron chi connectivity index (χ4n) is 2.69. The summed E-state index contributed by atoms with van der Waals surface area (Å²) in [6, 6.07) is 0. The number of carboxylic acid groups (broad SMARTS) is 1. The molecule has 0 bridgehead atoms.